The molecule has 1 heterocycles. The molecule has 2 aromatic carbocycles. The third-order valence-electron chi connectivity index (χ3n) is 3.49. The average molecular weight is 356 g/mol. The number of amides is 2. The number of nitrogens with one attached hydrogen (secondary N) is 2. The quantitative estimate of drug-likeness (QED) is 0.733. The van der Waals surface area contributed by atoms with E-state index in [4.69, 9.17) is 11.6 Å². The lowest BCUT2D eigenvalue weighted by atomic mass is 10.1. The minimum Gasteiger partial charge on any atom is -0.453 e. The van der Waals surface area contributed by atoms with E-state index in [9.17, 15) is 9.59 Å². The highest BCUT2D eigenvalue weighted by molar-refractivity contribution is 6.32. The van der Waals surface area contributed by atoms with Gasteiger partial charge in [-0.25, -0.2) is 4.79 Å². The lowest BCUT2D eigenvalue weighted by Gasteiger charge is -2.09. The van der Waals surface area contributed by atoms with Gasteiger partial charge in [0.2, 0.25) is 0 Å². The van der Waals surface area contributed by atoms with Crippen LogP contribution in [0.15, 0.2) is 54.7 Å². The van der Waals surface area contributed by atoms with Gasteiger partial charge in [0.15, 0.2) is 0 Å². The third-order valence-corrected chi connectivity index (χ3v) is 3.71. The van der Waals surface area contributed by atoms with Crippen LogP contribution in [0.25, 0.3) is 10.9 Å². The summed E-state index contributed by atoms with van der Waals surface area (Å²) in [6, 6.07) is 13.6. The summed E-state index contributed by atoms with van der Waals surface area (Å²) in [4.78, 5) is 28.0. The van der Waals surface area contributed by atoms with E-state index in [1.165, 1.54) is 7.11 Å². The van der Waals surface area contributed by atoms with Gasteiger partial charge in [-0.3, -0.25) is 15.1 Å². The fourth-order valence-corrected chi connectivity index (χ4v) is 2.56. The van der Waals surface area contributed by atoms with Gasteiger partial charge in [-0.2, -0.15) is 0 Å². The zero-order valence-corrected chi connectivity index (χ0v) is 14.0. The molecule has 0 spiro atoms. The maximum Gasteiger partial charge on any atom is 0.411 e. The van der Waals surface area contributed by atoms with Gasteiger partial charge in [0, 0.05) is 28.0 Å². The van der Waals surface area contributed by atoms with Crippen LogP contribution in [-0.4, -0.2) is 24.1 Å². The van der Waals surface area contributed by atoms with Crippen LogP contribution in [0.4, 0.5) is 16.2 Å². The van der Waals surface area contributed by atoms with Crippen LogP contribution in [-0.2, 0) is 4.74 Å². The minimum atomic E-state index is -0.562. The number of aromatic nitrogens is 1. The standard InChI is InChI=1S/C18H14ClN3O3/c1-25-18(24)22-14-6-4-13(5-7-14)21-17(23)15-10-12(19)9-11-3-2-8-20-16(11)15/h2-10H,1H3,(H,21,23)(H,22,24). The third kappa shape index (κ3) is 3.87. The highest BCUT2D eigenvalue weighted by Gasteiger charge is 2.13. The summed E-state index contributed by atoms with van der Waals surface area (Å²) in [6.45, 7) is 0. The van der Waals surface area contributed by atoms with Crippen molar-refractivity contribution < 1.29 is 14.3 Å². The number of pyridine rings is 1. The van der Waals surface area contributed by atoms with Crippen molar-refractivity contribution in [3.63, 3.8) is 0 Å². The number of nitrogens with zero attached hydrogens (tertiary/aromatic N) is 1. The van der Waals surface area contributed by atoms with Gasteiger partial charge in [0.1, 0.15) is 0 Å². The zero-order valence-electron chi connectivity index (χ0n) is 13.2. The predicted molar refractivity (Wildman–Crippen MR) is 97.2 cm³/mol. The normalized spacial score (nSPS) is 10.3. The van der Waals surface area contributed by atoms with E-state index in [0.717, 1.165) is 5.39 Å². The molecule has 0 atom stereocenters. The molecule has 25 heavy (non-hydrogen) atoms. The van der Waals surface area contributed by atoms with Crippen LogP contribution in [0.5, 0.6) is 0 Å². The van der Waals surface area contributed by atoms with E-state index < -0.39 is 6.09 Å². The summed E-state index contributed by atoms with van der Waals surface area (Å²) >= 11 is 6.09. The summed E-state index contributed by atoms with van der Waals surface area (Å²) < 4.78 is 4.52. The fourth-order valence-electron chi connectivity index (χ4n) is 2.33. The molecule has 0 radical (unpaired) electrons. The molecular formula is C18H14ClN3O3. The van der Waals surface area contributed by atoms with Crippen molar-refractivity contribution in [2.24, 2.45) is 0 Å². The molecule has 2 amide bonds. The molecule has 3 rings (SSSR count). The molecule has 2 N–H and O–H groups in total. The van der Waals surface area contributed by atoms with Gasteiger partial charge in [-0.15, -0.1) is 0 Å². The first kappa shape index (κ1) is 16.7. The Bertz CT molecular complexity index is 942. The van der Waals surface area contributed by atoms with Gasteiger partial charge in [0.05, 0.1) is 18.2 Å². The number of carbonyl (C=O) groups is 2. The topological polar surface area (TPSA) is 80.3 Å². The molecule has 0 saturated heterocycles. The molecule has 0 aliphatic heterocycles. The largest absolute Gasteiger partial charge is 0.453 e. The Hall–Kier alpha value is -3.12. The molecule has 126 valence electrons. The van der Waals surface area contributed by atoms with E-state index >= 15 is 0 Å². The molecule has 3 aromatic rings. The Balaban J connectivity index is 1.82. The smallest absolute Gasteiger partial charge is 0.411 e. The average Bonchev–Trinajstić information content (AvgIpc) is 2.62. The zero-order chi connectivity index (χ0) is 17.8. The summed E-state index contributed by atoms with van der Waals surface area (Å²) in [5, 5.41) is 6.58. The van der Waals surface area contributed by atoms with E-state index in [2.05, 4.69) is 20.4 Å². The Kier molecular flexibility index (Phi) is 4.81. The van der Waals surface area contributed by atoms with Crippen molar-refractivity contribution in [1.29, 1.82) is 0 Å². The lowest BCUT2D eigenvalue weighted by Crippen LogP contribution is -2.13. The Morgan fingerprint density at radius 2 is 1.72 bits per heavy atom. The summed E-state index contributed by atoms with van der Waals surface area (Å²) in [7, 11) is 1.28. The number of hydrogen-bond acceptors (Lipinski definition) is 4. The highest BCUT2D eigenvalue weighted by Crippen LogP contribution is 2.23. The number of ether oxygens (including phenoxy) is 1. The second-order valence-corrected chi connectivity index (χ2v) is 5.61. The van der Waals surface area contributed by atoms with Crippen LogP contribution in [0.2, 0.25) is 5.02 Å². The molecule has 6 nitrogen and oxygen atoms in total. The number of rotatable bonds is 3. The van der Waals surface area contributed by atoms with Crippen molar-refractivity contribution in [3.05, 3.63) is 65.3 Å². The molecule has 0 saturated carbocycles. The number of anilines is 2. The summed E-state index contributed by atoms with van der Waals surface area (Å²) in [5.41, 5.74) is 2.09. The van der Waals surface area contributed by atoms with Crippen molar-refractivity contribution in [1.82, 2.24) is 4.98 Å². The molecule has 7 heteroatoms. The van der Waals surface area contributed by atoms with Gasteiger partial charge in [0.25, 0.3) is 5.91 Å². The molecule has 1 aromatic heterocycles. The second-order valence-electron chi connectivity index (χ2n) is 5.18. The van der Waals surface area contributed by atoms with Crippen LogP contribution < -0.4 is 10.6 Å². The first-order valence-corrected chi connectivity index (χ1v) is 7.75. The van der Waals surface area contributed by atoms with Gasteiger partial charge < -0.3 is 10.1 Å². The summed E-state index contributed by atoms with van der Waals surface area (Å²) in [5.74, 6) is -0.320. The summed E-state index contributed by atoms with van der Waals surface area (Å²) in [6.07, 6.45) is 1.06. The van der Waals surface area contributed by atoms with E-state index in [-0.39, 0.29) is 5.91 Å². The minimum absolute atomic E-state index is 0.320. The van der Waals surface area contributed by atoms with Crippen molar-refractivity contribution in [2.75, 3.05) is 17.7 Å². The van der Waals surface area contributed by atoms with Crippen LogP contribution >= 0.6 is 11.6 Å². The fraction of sp³-hybridized carbons (Fsp3) is 0.0556. The Labute approximate surface area is 148 Å². The van der Waals surface area contributed by atoms with Crippen molar-refractivity contribution in [2.45, 2.75) is 0 Å². The molecule has 0 bridgehead atoms. The lowest BCUT2D eigenvalue weighted by molar-refractivity contribution is 0.102. The monoisotopic (exact) mass is 355 g/mol. The van der Waals surface area contributed by atoms with Crippen LogP contribution in [0.3, 0.4) is 0 Å². The molecule has 0 unspecified atom stereocenters. The Morgan fingerprint density at radius 3 is 2.40 bits per heavy atom. The van der Waals surface area contributed by atoms with Gasteiger partial charge in [-0.05, 0) is 42.5 Å². The van der Waals surface area contributed by atoms with Crippen LogP contribution in [0, 0.1) is 0 Å². The van der Waals surface area contributed by atoms with Crippen LogP contribution in [0.1, 0.15) is 10.4 Å². The molecule has 0 aliphatic carbocycles. The number of halogens is 1. The van der Waals surface area contributed by atoms with Gasteiger partial charge >= 0.3 is 6.09 Å². The van der Waals surface area contributed by atoms with E-state index in [0.29, 0.717) is 27.5 Å². The first-order chi connectivity index (χ1) is 12.1. The second kappa shape index (κ2) is 7.19. The number of methoxy groups -OCH3 is 1. The number of benzene rings is 2. The van der Waals surface area contributed by atoms with Crippen molar-refractivity contribution >= 4 is 45.9 Å². The Morgan fingerprint density at radius 1 is 1.04 bits per heavy atom. The van der Waals surface area contributed by atoms with Crippen molar-refractivity contribution in [3.8, 4) is 0 Å². The molecule has 0 aliphatic rings. The SMILES string of the molecule is COC(=O)Nc1ccc(NC(=O)c2cc(Cl)cc3cccnc23)cc1. The maximum atomic E-state index is 12.6. The van der Waals surface area contributed by atoms with E-state index in [1.54, 1.807) is 48.7 Å². The number of carbonyl (C=O) groups excluding carboxylic acids is 2. The number of hydrogen-bond donors (Lipinski definition) is 2. The highest BCUT2D eigenvalue weighted by atomic mass is 35.5. The molecular weight excluding hydrogens is 342 g/mol. The molecule has 0 fully saturated rings. The number of fused-ring (bicyclic) bond motifs is 1. The first-order valence-electron chi connectivity index (χ1n) is 7.37. The van der Waals surface area contributed by atoms with Gasteiger partial charge in [-0.1, -0.05) is 17.7 Å². The predicted octanol–water partition coefficient (Wildman–Crippen LogP) is 4.32. The maximum absolute atomic E-state index is 12.6. The van der Waals surface area contributed by atoms with E-state index in [1.807, 2.05) is 6.07 Å².